The van der Waals surface area contributed by atoms with E-state index < -0.39 is 120 Å². The standard InChI is InChI=1S/C54H85N9O11/c1-34(2)28-42-51(71)60(10)41(29-37-22-16-13-17-23-37)48(68)56-39(50(70)63-26-20-15-21-27-63)31-45(66)59(9)35(3)47(67)57-46(36(4)64)53(73)58(8)32-44(65)55-40(33-74-54(5,6)7)49(69)61(11)43(52(72)62(42)12)30-38-24-18-14-19-25-38/h13-14,16-18,22,24,34-37,39-43,46,64H,15,19-21,23,25-33H2,1-12H3,(H,55,65)(H,56,68)(H,57,67)/t35-,36+,37?,39-,40-,41-,42?,43-,46-/m0/s1. The number of hydrogen-bond donors (Lipinski definition) is 4. The van der Waals surface area contributed by atoms with E-state index in [9.17, 15) is 38.7 Å². The largest absolute Gasteiger partial charge is 0.391 e. The van der Waals surface area contributed by atoms with E-state index in [2.05, 4.69) is 16.0 Å². The second-order valence-electron chi connectivity index (χ2n) is 21.9. The summed E-state index contributed by atoms with van der Waals surface area (Å²) in [6.07, 6.45) is 15.9. The van der Waals surface area contributed by atoms with Gasteiger partial charge in [0.05, 0.1) is 31.3 Å². The van der Waals surface area contributed by atoms with E-state index in [0.29, 0.717) is 32.4 Å². The Labute approximate surface area is 438 Å². The summed E-state index contributed by atoms with van der Waals surface area (Å²) in [6.45, 7) is 11.7. The van der Waals surface area contributed by atoms with Gasteiger partial charge in [-0.1, -0.05) is 62.0 Å². The number of carbonyl (C=O) groups is 9. The average Bonchev–Trinajstić information content (AvgIpc) is 3.36. The van der Waals surface area contributed by atoms with Gasteiger partial charge in [-0.15, -0.1) is 0 Å². The van der Waals surface area contributed by atoms with Crippen molar-refractivity contribution in [2.45, 2.75) is 167 Å². The van der Waals surface area contributed by atoms with Crippen LogP contribution in [0.2, 0.25) is 0 Å². The zero-order valence-electron chi connectivity index (χ0n) is 45.9. The minimum Gasteiger partial charge on any atom is -0.391 e. The topological polar surface area (TPSA) is 239 Å². The zero-order chi connectivity index (χ0) is 55.2. The Bertz CT molecular complexity index is 2160. The van der Waals surface area contributed by atoms with E-state index in [-0.39, 0.29) is 37.7 Å². The number of amides is 9. The fourth-order valence-corrected chi connectivity index (χ4v) is 9.50. The van der Waals surface area contributed by atoms with Gasteiger partial charge < -0.3 is 55.2 Å². The average molecular weight is 1040 g/mol. The summed E-state index contributed by atoms with van der Waals surface area (Å²) in [5.74, 6) is -6.54. The number of piperidine rings is 1. The molecule has 0 saturated carbocycles. The smallest absolute Gasteiger partial charge is 0.248 e. The van der Waals surface area contributed by atoms with Gasteiger partial charge in [-0.2, -0.15) is 0 Å². The van der Waals surface area contributed by atoms with Crippen LogP contribution in [0.3, 0.4) is 0 Å². The van der Waals surface area contributed by atoms with Crippen LogP contribution in [0.1, 0.15) is 113 Å². The lowest BCUT2D eigenvalue weighted by atomic mass is 9.91. The first kappa shape index (κ1) is 60.7. The summed E-state index contributed by atoms with van der Waals surface area (Å²) in [5, 5.41) is 18.9. The third-order valence-electron chi connectivity index (χ3n) is 14.3. The second kappa shape index (κ2) is 27.6. The van der Waals surface area contributed by atoms with Crippen LogP contribution in [-0.4, -0.2) is 203 Å². The van der Waals surface area contributed by atoms with Crippen LogP contribution in [0.5, 0.6) is 0 Å². The van der Waals surface area contributed by atoms with Crippen molar-refractivity contribution in [3.63, 3.8) is 0 Å². The summed E-state index contributed by atoms with van der Waals surface area (Å²) >= 11 is 0. The minimum absolute atomic E-state index is 0.0875. The molecule has 20 nitrogen and oxygen atoms in total. The molecule has 2 fully saturated rings. The summed E-state index contributed by atoms with van der Waals surface area (Å²) in [6, 6.07) is -9.17. The second-order valence-corrected chi connectivity index (χ2v) is 21.9. The molecule has 0 aromatic carbocycles. The molecule has 0 aromatic rings. The molecule has 2 aliphatic heterocycles. The fourth-order valence-electron chi connectivity index (χ4n) is 9.50. The number of allylic oxidation sites excluding steroid dienone is 7. The first-order valence-corrected chi connectivity index (χ1v) is 26.2. The Balaban J connectivity index is 1.90. The lowest BCUT2D eigenvalue weighted by molar-refractivity contribution is -0.154. The van der Waals surface area contributed by atoms with Gasteiger partial charge in [-0.05, 0) is 104 Å². The van der Waals surface area contributed by atoms with Gasteiger partial charge in [0.25, 0.3) is 0 Å². The van der Waals surface area contributed by atoms with Crippen LogP contribution < -0.4 is 16.0 Å². The van der Waals surface area contributed by atoms with E-state index in [1.54, 1.807) is 25.7 Å². The SMILES string of the molecule is CC(C)CC1C(=O)N(C)[C@@H](CC2C=CC=CC2)C(=O)N[C@H](C(=O)N2CCCCC2)CC(=O)N(C)[C@@H](C)C(=O)N[C@@H]([C@@H](C)O)C(=O)N(C)CC(=O)N[C@@H](COC(C)(C)C)C(=O)N(C)[C@@H](CC2=CC=CCC2)C(=O)N1C. The quantitative estimate of drug-likeness (QED) is 0.247. The Morgan fingerprint density at radius 1 is 0.757 bits per heavy atom. The first-order chi connectivity index (χ1) is 34.7. The maximum Gasteiger partial charge on any atom is 0.248 e. The Kier molecular flexibility index (Phi) is 22.6. The number of ether oxygens (including phenoxy) is 1. The highest BCUT2D eigenvalue weighted by atomic mass is 16.5. The van der Waals surface area contributed by atoms with Crippen molar-refractivity contribution >= 4 is 53.2 Å². The third-order valence-corrected chi connectivity index (χ3v) is 14.3. The van der Waals surface area contributed by atoms with Crippen LogP contribution in [-0.2, 0) is 47.9 Å². The highest BCUT2D eigenvalue weighted by Crippen LogP contribution is 2.26. The first-order valence-electron chi connectivity index (χ1n) is 26.2. The molecule has 9 amide bonds. The monoisotopic (exact) mass is 1040 g/mol. The molecular formula is C54H85N9O11. The van der Waals surface area contributed by atoms with Crippen molar-refractivity contribution in [3.8, 4) is 0 Å². The number of aliphatic hydroxyl groups excluding tert-OH is 1. The molecule has 2 aliphatic carbocycles. The van der Waals surface area contributed by atoms with Crippen molar-refractivity contribution < 1.29 is 53.0 Å². The summed E-state index contributed by atoms with van der Waals surface area (Å²) in [7, 11) is 7.08. The van der Waals surface area contributed by atoms with Gasteiger partial charge in [-0.25, -0.2) is 0 Å². The van der Waals surface area contributed by atoms with Crippen molar-refractivity contribution in [1.82, 2.24) is 45.3 Å². The Hall–Kier alpha value is -5.89. The van der Waals surface area contributed by atoms with Gasteiger partial charge in [0.2, 0.25) is 53.2 Å². The molecular weight excluding hydrogens is 951 g/mol. The predicted octanol–water partition coefficient (Wildman–Crippen LogP) is 2.07. The van der Waals surface area contributed by atoms with Crippen LogP contribution >= 0.6 is 0 Å². The van der Waals surface area contributed by atoms with Crippen molar-refractivity contribution in [2.75, 3.05) is 61.5 Å². The molecule has 2 saturated heterocycles. The molecule has 2 heterocycles. The molecule has 4 N–H and O–H groups in total. The van der Waals surface area contributed by atoms with Gasteiger partial charge in [0.1, 0.15) is 42.3 Å². The van der Waals surface area contributed by atoms with Crippen LogP contribution in [0.15, 0.2) is 48.1 Å². The molecule has 4 rings (SSSR count). The van der Waals surface area contributed by atoms with Gasteiger partial charge in [0.15, 0.2) is 0 Å². The van der Waals surface area contributed by atoms with E-state index >= 15 is 9.59 Å². The third kappa shape index (κ3) is 17.1. The fraction of sp³-hybridized carbons (Fsp3) is 0.685. The van der Waals surface area contributed by atoms with E-state index in [1.807, 2.05) is 56.4 Å². The van der Waals surface area contributed by atoms with Gasteiger partial charge in [-0.3, -0.25) is 43.2 Å². The molecule has 412 valence electrons. The highest BCUT2D eigenvalue weighted by molar-refractivity contribution is 5.99. The van der Waals surface area contributed by atoms with Crippen LogP contribution in [0.25, 0.3) is 0 Å². The normalized spacial score (nSPS) is 27.9. The molecule has 20 heteroatoms. The van der Waals surface area contributed by atoms with Gasteiger partial charge >= 0.3 is 0 Å². The molecule has 4 aliphatic rings. The molecule has 0 bridgehead atoms. The van der Waals surface area contributed by atoms with E-state index in [4.69, 9.17) is 4.74 Å². The molecule has 0 radical (unpaired) electrons. The summed E-state index contributed by atoms with van der Waals surface area (Å²) < 4.78 is 6.05. The van der Waals surface area contributed by atoms with Crippen LogP contribution in [0.4, 0.5) is 0 Å². The van der Waals surface area contributed by atoms with E-state index in [0.717, 1.165) is 34.6 Å². The highest BCUT2D eigenvalue weighted by Gasteiger charge is 2.43. The number of likely N-dealkylation sites (N-methyl/N-ethyl adjacent to an activating group) is 5. The molecule has 0 spiro atoms. The lowest BCUT2D eigenvalue weighted by Gasteiger charge is -2.39. The molecule has 9 atom stereocenters. The van der Waals surface area contributed by atoms with Crippen molar-refractivity contribution in [3.05, 3.63) is 48.1 Å². The zero-order valence-corrected chi connectivity index (χ0v) is 45.9. The number of rotatable bonds is 10. The summed E-state index contributed by atoms with van der Waals surface area (Å²) in [5.41, 5.74) is 0.0948. The Morgan fingerprint density at radius 3 is 1.97 bits per heavy atom. The maximum atomic E-state index is 15.3. The number of nitrogens with zero attached hydrogens (tertiary/aromatic N) is 6. The number of aliphatic hydroxyl groups is 1. The number of likely N-dealkylation sites (tertiary alicyclic amines) is 1. The number of carbonyl (C=O) groups excluding carboxylic acids is 9. The molecule has 74 heavy (non-hydrogen) atoms. The van der Waals surface area contributed by atoms with Crippen LogP contribution in [0, 0.1) is 11.8 Å². The Morgan fingerprint density at radius 2 is 1.39 bits per heavy atom. The molecule has 0 aromatic heterocycles. The number of nitrogens with one attached hydrogen (secondary N) is 3. The summed E-state index contributed by atoms with van der Waals surface area (Å²) in [4.78, 5) is 138. The van der Waals surface area contributed by atoms with Gasteiger partial charge in [0, 0.05) is 48.3 Å². The van der Waals surface area contributed by atoms with Crippen molar-refractivity contribution in [2.24, 2.45) is 11.8 Å². The molecule has 2 unspecified atom stereocenters. The lowest BCUT2D eigenvalue weighted by Crippen LogP contribution is -2.61. The minimum atomic E-state index is -1.58. The maximum absolute atomic E-state index is 15.3. The van der Waals surface area contributed by atoms with E-state index in [1.165, 1.54) is 63.8 Å². The predicted molar refractivity (Wildman–Crippen MR) is 279 cm³/mol. The van der Waals surface area contributed by atoms with Crippen molar-refractivity contribution in [1.29, 1.82) is 0 Å². The number of hydrogen-bond acceptors (Lipinski definition) is 11.